The van der Waals surface area contributed by atoms with E-state index in [0.29, 0.717) is 10.7 Å². The minimum absolute atomic E-state index is 0.631. The number of hydrogen-bond donors (Lipinski definition) is 0. The van der Waals surface area contributed by atoms with E-state index in [-0.39, 0.29) is 0 Å². The minimum atomic E-state index is 0.631. The maximum absolute atomic E-state index is 3.70. The van der Waals surface area contributed by atoms with Crippen LogP contribution in [0.3, 0.4) is 0 Å². The number of alkyl halides is 1. The summed E-state index contributed by atoms with van der Waals surface area (Å²) in [5.41, 5.74) is 1.42. The standard InChI is InChI=1S/C12H16Br2/c1-9(2)12(14)8-5-10-3-6-11(13)7-4-10/h3-4,6-7,9,12H,5,8H2,1-2H3. The Balaban J connectivity index is 2.42. The van der Waals surface area contributed by atoms with Gasteiger partial charge >= 0.3 is 0 Å². The molecular formula is C12H16Br2. The fraction of sp³-hybridized carbons (Fsp3) is 0.500. The van der Waals surface area contributed by atoms with E-state index in [1.165, 1.54) is 12.0 Å². The van der Waals surface area contributed by atoms with E-state index in [2.05, 4.69) is 70.0 Å². The highest BCUT2D eigenvalue weighted by Crippen LogP contribution is 2.19. The van der Waals surface area contributed by atoms with Crippen LogP contribution in [-0.4, -0.2) is 4.83 Å². The predicted octanol–water partition coefficient (Wildman–Crippen LogP) is 4.80. The highest BCUT2D eigenvalue weighted by atomic mass is 79.9. The zero-order valence-electron chi connectivity index (χ0n) is 8.63. The first kappa shape index (κ1) is 12.3. The maximum Gasteiger partial charge on any atom is 0.0175 e. The zero-order chi connectivity index (χ0) is 10.6. The van der Waals surface area contributed by atoms with Crippen molar-refractivity contribution in [3.05, 3.63) is 34.3 Å². The summed E-state index contributed by atoms with van der Waals surface area (Å²) < 4.78 is 1.15. The number of benzene rings is 1. The van der Waals surface area contributed by atoms with Gasteiger partial charge in [-0.05, 0) is 36.5 Å². The van der Waals surface area contributed by atoms with Gasteiger partial charge in [-0.1, -0.05) is 57.8 Å². The molecule has 0 aromatic heterocycles. The average molecular weight is 320 g/mol. The number of rotatable bonds is 4. The Morgan fingerprint density at radius 1 is 1.14 bits per heavy atom. The summed E-state index contributed by atoms with van der Waals surface area (Å²) in [4.78, 5) is 0.631. The van der Waals surface area contributed by atoms with E-state index in [4.69, 9.17) is 0 Å². The third-order valence-electron chi connectivity index (χ3n) is 2.35. The van der Waals surface area contributed by atoms with Crippen LogP contribution in [0.25, 0.3) is 0 Å². The quantitative estimate of drug-likeness (QED) is 0.699. The van der Waals surface area contributed by atoms with Crippen LogP contribution >= 0.6 is 31.9 Å². The first-order valence-corrected chi connectivity index (χ1v) is 6.69. The Morgan fingerprint density at radius 3 is 2.21 bits per heavy atom. The maximum atomic E-state index is 3.70. The predicted molar refractivity (Wildman–Crippen MR) is 70.0 cm³/mol. The topological polar surface area (TPSA) is 0 Å². The van der Waals surface area contributed by atoms with Gasteiger partial charge in [0.2, 0.25) is 0 Å². The van der Waals surface area contributed by atoms with E-state index in [1.807, 2.05) is 0 Å². The van der Waals surface area contributed by atoms with Gasteiger partial charge in [-0.3, -0.25) is 0 Å². The molecule has 1 aromatic rings. The lowest BCUT2D eigenvalue weighted by molar-refractivity contribution is 0.582. The second kappa shape index (κ2) is 5.92. The molecule has 1 atom stereocenters. The molecule has 0 saturated carbocycles. The van der Waals surface area contributed by atoms with Crippen molar-refractivity contribution in [2.24, 2.45) is 5.92 Å². The van der Waals surface area contributed by atoms with Gasteiger partial charge in [-0.2, -0.15) is 0 Å². The van der Waals surface area contributed by atoms with Crippen molar-refractivity contribution < 1.29 is 0 Å². The summed E-state index contributed by atoms with van der Waals surface area (Å²) in [6, 6.07) is 8.58. The molecular weight excluding hydrogens is 304 g/mol. The highest BCUT2D eigenvalue weighted by Gasteiger charge is 2.08. The molecule has 0 aliphatic heterocycles. The molecule has 0 aliphatic rings. The highest BCUT2D eigenvalue weighted by molar-refractivity contribution is 9.10. The molecule has 0 saturated heterocycles. The van der Waals surface area contributed by atoms with Crippen molar-refractivity contribution >= 4 is 31.9 Å². The summed E-state index contributed by atoms with van der Waals surface area (Å²) >= 11 is 7.14. The van der Waals surface area contributed by atoms with Gasteiger partial charge in [0, 0.05) is 9.30 Å². The van der Waals surface area contributed by atoms with Crippen molar-refractivity contribution in [2.75, 3.05) is 0 Å². The molecule has 0 N–H and O–H groups in total. The van der Waals surface area contributed by atoms with Crippen molar-refractivity contribution in [1.29, 1.82) is 0 Å². The Morgan fingerprint density at radius 2 is 1.71 bits per heavy atom. The molecule has 1 rings (SSSR count). The van der Waals surface area contributed by atoms with Gasteiger partial charge in [0.25, 0.3) is 0 Å². The van der Waals surface area contributed by atoms with Crippen molar-refractivity contribution in [1.82, 2.24) is 0 Å². The SMILES string of the molecule is CC(C)C(Br)CCc1ccc(Br)cc1. The smallest absolute Gasteiger partial charge is 0.0175 e. The average Bonchev–Trinajstić information content (AvgIpc) is 2.16. The van der Waals surface area contributed by atoms with Crippen LogP contribution in [0.2, 0.25) is 0 Å². The molecule has 0 radical (unpaired) electrons. The van der Waals surface area contributed by atoms with Crippen LogP contribution in [0.4, 0.5) is 0 Å². The molecule has 0 heterocycles. The van der Waals surface area contributed by atoms with Crippen molar-refractivity contribution in [3.8, 4) is 0 Å². The largest absolute Gasteiger partial charge is 0.0888 e. The zero-order valence-corrected chi connectivity index (χ0v) is 11.8. The normalized spacial score (nSPS) is 13.2. The van der Waals surface area contributed by atoms with Crippen molar-refractivity contribution in [2.45, 2.75) is 31.5 Å². The lowest BCUT2D eigenvalue weighted by Crippen LogP contribution is -2.07. The Labute approximate surface area is 103 Å². The van der Waals surface area contributed by atoms with E-state index in [9.17, 15) is 0 Å². The van der Waals surface area contributed by atoms with Crippen molar-refractivity contribution in [3.63, 3.8) is 0 Å². The Bertz CT molecular complexity index is 264. The fourth-order valence-corrected chi connectivity index (χ4v) is 1.78. The van der Waals surface area contributed by atoms with E-state index in [0.717, 1.165) is 10.9 Å². The third-order valence-corrected chi connectivity index (χ3v) is 4.39. The first-order chi connectivity index (χ1) is 6.59. The van der Waals surface area contributed by atoms with Gasteiger partial charge in [0.1, 0.15) is 0 Å². The van der Waals surface area contributed by atoms with Crippen LogP contribution in [0, 0.1) is 5.92 Å². The lowest BCUT2D eigenvalue weighted by Gasteiger charge is -2.13. The molecule has 2 heteroatoms. The summed E-state index contributed by atoms with van der Waals surface area (Å²) in [7, 11) is 0. The van der Waals surface area contributed by atoms with Gasteiger partial charge in [0.05, 0.1) is 0 Å². The van der Waals surface area contributed by atoms with Gasteiger partial charge < -0.3 is 0 Å². The van der Waals surface area contributed by atoms with Gasteiger partial charge in [0.15, 0.2) is 0 Å². The first-order valence-electron chi connectivity index (χ1n) is 4.98. The number of aryl methyl sites for hydroxylation is 1. The Hall–Kier alpha value is 0.180. The van der Waals surface area contributed by atoms with Crippen LogP contribution in [-0.2, 0) is 6.42 Å². The molecule has 0 fully saturated rings. The molecule has 0 aliphatic carbocycles. The summed E-state index contributed by atoms with van der Waals surface area (Å²) in [5, 5.41) is 0. The molecule has 0 amide bonds. The summed E-state index contributed by atoms with van der Waals surface area (Å²) in [6.45, 7) is 4.50. The third kappa shape index (κ3) is 4.14. The second-order valence-electron chi connectivity index (χ2n) is 3.93. The van der Waals surface area contributed by atoms with Gasteiger partial charge in [-0.15, -0.1) is 0 Å². The summed E-state index contributed by atoms with van der Waals surface area (Å²) in [5.74, 6) is 0.713. The Kier molecular flexibility index (Phi) is 5.18. The molecule has 0 nitrogen and oxygen atoms in total. The van der Waals surface area contributed by atoms with E-state index in [1.54, 1.807) is 0 Å². The van der Waals surface area contributed by atoms with E-state index >= 15 is 0 Å². The second-order valence-corrected chi connectivity index (χ2v) is 6.02. The lowest BCUT2D eigenvalue weighted by atomic mass is 10.0. The molecule has 14 heavy (non-hydrogen) atoms. The van der Waals surface area contributed by atoms with E-state index < -0.39 is 0 Å². The molecule has 1 aromatic carbocycles. The fourth-order valence-electron chi connectivity index (χ4n) is 1.29. The van der Waals surface area contributed by atoms with Crippen LogP contribution in [0.5, 0.6) is 0 Å². The van der Waals surface area contributed by atoms with Crippen LogP contribution in [0.15, 0.2) is 28.7 Å². The minimum Gasteiger partial charge on any atom is -0.0888 e. The molecule has 0 bridgehead atoms. The van der Waals surface area contributed by atoms with Crippen LogP contribution in [0.1, 0.15) is 25.8 Å². The summed E-state index contributed by atoms with van der Waals surface area (Å²) in [6.07, 6.45) is 2.36. The number of halogens is 2. The molecule has 1 unspecified atom stereocenters. The number of hydrogen-bond acceptors (Lipinski definition) is 0. The van der Waals surface area contributed by atoms with Crippen LogP contribution < -0.4 is 0 Å². The monoisotopic (exact) mass is 318 g/mol. The van der Waals surface area contributed by atoms with Gasteiger partial charge in [-0.25, -0.2) is 0 Å². The molecule has 78 valence electrons. The molecule has 0 spiro atoms.